The highest BCUT2D eigenvalue weighted by atomic mass is 32.1. The fraction of sp³-hybridized carbons (Fsp3) is 0.308. The van der Waals surface area contributed by atoms with Gasteiger partial charge in [0.25, 0.3) is 0 Å². The van der Waals surface area contributed by atoms with Crippen molar-refractivity contribution in [2.45, 2.75) is 25.7 Å². The lowest BCUT2D eigenvalue weighted by molar-refractivity contribution is -0.115. The van der Waals surface area contributed by atoms with E-state index < -0.39 is 0 Å². The van der Waals surface area contributed by atoms with E-state index in [4.69, 9.17) is 0 Å². The van der Waals surface area contributed by atoms with Crippen molar-refractivity contribution in [1.29, 1.82) is 0 Å². The third-order valence-corrected chi connectivity index (χ3v) is 5.17. The number of amides is 1. The van der Waals surface area contributed by atoms with Crippen LogP contribution in [0, 0.1) is 0 Å². The van der Waals surface area contributed by atoms with Gasteiger partial charge in [0.2, 0.25) is 5.91 Å². The van der Waals surface area contributed by atoms with Crippen molar-refractivity contribution < 1.29 is 4.79 Å². The number of nitrogens with one attached hydrogen (secondary N) is 1. The van der Waals surface area contributed by atoms with Crippen LogP contribution in [0.1, 0.15) is 22.7 Å². The molecule has 0 unspecified atom stereocenters. The molecule has 3 heterocycles. The zero-order chi connectivity index (χ0) is 13.5. The Labute approximate surface area is 123 Å². The number of anilines is 1. The average Bonchev–Trinajstić information content (AvgIpc) is 3.06. The molecule has 0 aliphatic heterocycles. The van der Waals surface area contributed by atoms with Crippen LogP contribution in [-0.2, 0) is 24.1 Å². The molecular weight excluding hydrogens is 292 g/mol. The Morgan fingerprint density at radius 3 is 3.20 bits per heavy atom. The molecule has 4 rings (SSSR count). The minimum atomic E-state index is -0.0526. The Kier molecular flexibility index (Phi) is 2.82. The molecule has 5 nitrogen and oxygen atoms in total. The molecule has 102 valence electrons. The lowest BCUT2D eigenvalue weighted by Crippen LogP contribution is -2.14. The van der Waals surface area contributed by atoms with Gasteiger partial charge in [-0.3, -0.25) is 9.20 Å². The molecule has 1 aliphatic rings. The fourth-order valence-electron chi connectivity index (χ4n) is 2.43. The molecule has 0 aromatic carbocycles. The fourth-order valence-corrected chi connectivity index (χ4v) is 4.22. The summed E-state index contributed by atoms with van der Waals surface area (Å²) in [6.07, 6.45) is 7.46. The van der Waals surface area contributed by atoms with Crippen molar-refractivity contribution in [1.82, 2.24) is 14.4 Å². The van der Waals surface area contributed by atoms with Crippen LogP contribution in [0.3, 0.4) is 0 Å². The molecule has 0 fully saturated rings. The summed E-state index contributed by atoms with van der Waals surface area (Å²) in [5.74, 6) is -0.0526. The van der Waals surface area contributed by atoms with Crippen LogP contribution in [-0.4, -0.2) is 20.3 Å². The number of nitrogens with zero attached hydrogens (tertiary/aromatic N) is 3. The van der Waals surface area contributed by atoms with Crippen molar-refractivity contribution in [3.8, 4) is 0 Å². The van der Waals surface area contributed by atoms with Gasteiger partial charge in [0, 0.05) is 22.7 Å². The largest absolute Gasteiger partial charge is 0.302 e. The summed E-state index contributed by atoms with van der Waals surface area (Å²) in [4.78, 5) is 23.1. The van der Waals surface area contributed by atoms with Gasteiger partial charge < -0.3 is 5.32 Å². The number of aryl methyl sites for hydroxylation is 2. The first kappa shape index (κ1) is 12.0. The highest BCUT2D eigenvalue weighted by Crippen LogP contribution is 2.30. The number of carbonyl (C=O) groups is 1. The lowest BCUT2D eigenvalue weighted by Gasteiger charge is -1.99. The summed E-state index contributed by atoms with van der Waals surface area (Å²) in [5.41, 5.74) is 1.95. The Bertz CT molecular complexity index is 735. The van der Waals surface area contributed by atoms with E-state index in [-0.39, 0.29) is 5.91 Å². The van der Waals surface area contributed by atoms with Crippen LogP contribution < -0.4 is 5.32 Å². The van der Waals surface area contributed by atoms with E-state index in [1.54, 1.807) is 22.7 Å². The summed E-state index contributed by atoms with van der Waals surface area (Å²) in [5, 5.41) is 5.58. The lowest BCUT2D eigenvalue weighted by atomic mass is 10.3. The second-order valence-electron chi connectivity index (χ2n) is 4.79. The maximum Gasteiger partial charge on any atom is 0.232 e. The normalized spacial score (nSPS) is 13.8. The first-order valence-corrected chi connectivity index (χ1v) is 8.17. The van der Waals surface area contributed by atoms with E-state index in [2.05, 4.69) is 15.3 Å². The number of aromatic nitrogens is 3. The van der Waals surface area contributed by atoms with E-state index in [1.807, 2.05) is 22.2 Å². The number of rotatable bonds is 3. The number of imidazole rings is 1. The van der Waals surface area contributed by atoms with Crippen molar-refractivity contribution in [3.05, 3.63) is 34.0 Å². The summed E-state index contributed by atoms with van der Waals surface area (Å²) >= 11 is 3.17. The van der Waals surface area contributed by atoms with Gasteiger partial charge in [0.1, 0.15) is 0 Å². The standard InChI is InChI=1S/C13H12N4OS2/c18-11(6-8-7-17-4-5-19-13(17)14-8)16-12-15-9-2-1-3-10(9)20-12/h4-5,7H,1-3,6H2,(H,15,16,18). The molecular formula is C13H12N4OS2. The summed E-state index contributed by atoms with van der Waals surface area (Å²) < 4.78 is 1.94. The molecule has 1 aliphatic carbocycles. The summed E-state index contributed by atoms with van der Waals surface area (Å²) in [6.45, 7) is 0. The molecule has 0 atom stereocenters. The number of thiazole rings is 2. The number of hydrogen-bond acceptors (Lipinski definition) is 5. The molecule has 7 heteroatoms. The van der Waals surface area contributed by atoms with E-state index in [0.717, 1.165) is 34.3 Å². The molecule has 0 bridgehead atoms. The van der Waals surface area contributed by atoms with Crippen molar-refractivity contribution >= 4 is 38.7 Å². The monoisotopic (exact) mass is 304 g/mol. The van der Waals surface area contributed by atoms with Crippen LogP contribution >= 0.6 is 22.7 Å². The number of fused-ring (bicyclic) bond motifs is 2. The molecule has 0 saturated heterocycles. The highest BCUT2D eigenvalue weighted by molar-refractivity contribution is 7.16. The molecule has 3 aromatic heterocycles. The molecule has 1 amide bonds. The van der Waals surface area contributed by atoms with Crippen LogP contribution in [0.5, 0.6) is 0 Å². The van der Waals surface area contributed by atoms with Crippen molar-refractivity contribution in [3.63, 3.8) is 0 Å². The quantitative estimate of drug-likeness (QED) is 0.809. The minimum absolute atomic E-state index is 0.0526. The molecule has 0 radical (unpaired) electrons. The highest BCUT2D eigenvalue weighted by Gasteiger charge is 2.18. The van der Waals surface area contributed by atoms with E-state index >= 15 is 0 Å². The Balaban J connectivity index is 1.45. The van der Waals surface area contributed by atoms with E-state index in [0.29, 0.717) is 6.42 Å². The maximum absolute atomic E-state index is 12.0. The van der Waals surface area contributed by atoms with Gasteiger partial charge in [-0.15, -0.1) is 22.7 Å². The number of hydrogen-bond donors (Lipinski definition) is 1. The average molecular weight is 304 g/mol. The topological polar surface area (TPSA) is 59.3 Å². The summed E-state index contributed by atoms with van der Waals surface area (Å²) in [7, 11) is 0. The molecule has 0 saturated carbocycles. The number of carbonyl (C=O) groups excluding carboxylic acids is 1. The molecule has 20 heavy (non-hydrogen) atoms. The van der Waals surface area contributed by atoms with Gasteiger partial charge in [0.15, 0.2) is 10.1 Å². The van der Waals surface area contributed by atoms with Crippen LogP contribution in [0.4, 0.5) is 5.13 Å². The maximum atomic E-state index is 12.0. The van der Waals surface area contributed by atoms with Gasteiger partial charge >= 0.3 is 0 Å². The molecule has 3 aromatic rings. The second kappa shape index (κ2) is 4.68. The van der Waals surface area contributed by atoms with Crippen LogP contribution in [0.15, 0.2) is 17.8 Å². The third-order valence-electron chi connectivity index (χ3n) is 3.33. The first-order valence-electron chi connectivity index (χ1n) is 6.47. The van der Waals surface area contributed by atoms with Crippen molar-refractivity contribution in [2.24, 2.45) is 0 Å². The predicted molar refractivity (Wildman–Crippen MR) is 79.5 cm³/mol. The smallest absolute Gasteiger partial charge is 0.232 e. The van der Waals surface area contributed by atoms with Crippen LogP contribution in [0.25, 0.3) is 4.96 Å². The van der Waals surface area contributed by atoms with Gasteiger partial charge in [-0.2, -0.15) is 0 Å². The van der Waals surface area contributed by atoms with Gasteiger partial charge in [-0.1, -0.05) is 0 Å². The SMILES string of the molecule is O=C(Cc1cn2ccsc2n1)Nc1nc2c(s1)CCC2. The zero-order valence-electron chi connectivity index (χ0n) is 10.6. The zero-order valence-corrected chi connectivity index (χ0v) is 12.3. The van der Waals surface area contributed by atoms with E-state index in [1.165, 1.54) is 11.3 Å². The van der Waals surface area contributed by atoms with Gasteiger partial charge in [0.05, 0.1) is 17.8 Å². The Hall–Kier alpha value is -1.73. The third kappa shape index (κ3) is 2.12. The Morgan fingerprint density at radius 1 is 1.40 bits per heavy atom. The molecule has 1 N–H and O–H groups in total. The Morgan fingerprint density at radius 2 is 2.35 bits per heavy atom. The molecule has 0 spiro atoms. The summed E-state index contributed by atoms with van der Waals surface area (Å²) in [6, 6.07) is 0. The predicted octanol–water partition coefficient (Wildman–Crippen LogP) is 2.52. The minimum Gasteiger partial charge on any atom is -0.302 e. The van der Waals surface area contributed by atoms with E-state index in [9.17, 15) is 4.79 Å². The van der Waals surface area contributed by atoms with Crippen molar-refractivity contribution in [2.75, 3.05) is 5.32 Å². The van der Waals surface area contributed by atoms with Gasteiger partial charge in [-0.05, 0) is 19.3 Å². The second-order valence-corrected chi connectivity index (χ2v) is 6.75. The van der Waals surface area contributed by atoms with Crippen LogP contribution in [0.2, 0.25) is 0 Å². The first-order chi connectivity index (χ1) is 9.78. The van der Waals surface area contributed by atoms with Gasteiger partial charge in [-0.25, -0.2) is 9.97 Å².